The zero-order valence-corrected chi connectivity index (χ0v) is 29.1. The van der Waals surface area contributed by atoms with E-state index < -0.39 is 54.3 Å². The number of carbonyl (C=O) groups is 4. The van der Waals surface area contributed by atoms with Crippen molar-refractivity contribution in [3.63, 3.8) is 0 Å². The number of aliphatic hydroxyl groups excluding tert-OH is 1. The van der Waals surface area contributed by atoms with Gasteiger partial charge in [0, 0.05) is 13.0 Å². The molecule has 2 aromatic rings. The minimum atomic E-state index is -1.06. The summed E-state index contributed by atoms with van der Waals surface area (Å²) >= 11 is 1.59. The highest BCUT2D eigenvalue weighted by Crippen LogP contribution is 2.27. The van der Waals surface area contributed by atoms with Crippen molar-refractivity contribution in [2.24, 2.45) is 11.5 Å². The molecule has 0 radical (unpaired) electrons. The molecule has 3 unspecified atom stereocenters. The van der Waals surface area contributed by atoms with Crippen molar-refractivity contribution in [1.29, 1.82) is 5.41 Å². The Balaban J connectivity index is 2.08. The molecule has 15 nitrogen and oxygen atoms in total. The number of nitrogens with two attached hydrogens (primary N) is 2. The Morgan fingerprint density at radius 2 is 1.57 bits per heavy atom. The average Bonchev–Trinajstić information content (AvgIpc) is 3.09. The third-order valence-corrected chi connectivity index (χ3v) is 8.10. The van der Waals surface area contributed by atoms with Crippen molar-refractivity contribution in [2.45, 2.75) is 56.3 Å². The molecule has 2 rings (SSSR count). The van der Waals surface area contributed by atoms with E-state index in [1.54, 1.807) is 30.0 Å². The summed E-state index contributed by atoms with van der Waals surface area (Å²) in [6.07, 6.45) is 3.33. The molecular formula is C33H50N8O7S. The number of methoxy groups -OCH3 is 2. The Labute approximate surface area is 291 Å². The van der Waals surface area contributed by atoms with Crippen LogP contribution in [0.2, 0.25) is 0 Å². The quantitative estimate of drug-likeness (QED) is 0.0426. The van der Waals surface area contributed by atoms with Crippen LogP contribution in [0.3, 0.4) is 0 Å². The fourth-order valence-corrected chi connectivity index (χ4v) is 5.32. The first-order valence-corrected chi connectivity index (χ1v) is 17.3. The molecule has 0 fully saturated rings. The largest absolute Gasteiger partial charge is 0.493 e. The first-order valence-electron chi connectivity index (χ1n) is 15.9. The maximum absolute atomic E-state index is 13.3. The van der Waals surface area contributed by atoms with Gasteiger partial charge in [-0.15, -0.1) is 0 Å². The Morgan fingerprint density at radius 3 is 2.20 bits per heavy atom. The van der Waals surface area contributed by atoms with Crippen LogP contribution < -0.4 is 47.5 Å². The summed E-state index contributed by atoms with van der Waals surface area (Å²) in [4.78, 5) is 52.6. The number of thioether (sulfide) groups is 1. The van der Waals surface area contributed by atoms with Crippen LogP contribution in [0.15, 0.2) is 48.5 Å². The molecular weight excluding hydrogens is 652 g/mol. The van der Waals surface area contributed by atoms with E-state index in [-0.39, 0.29) is 38.4 Å². The zero-order chi connectivity index (χ0) is 36.2. The van der Waals surface area contributed by atoms with Crippen LogP contribution in [-0.4, -0.2) is 105 Å². The van der Waals surface area contributed by atoms with Crippen LogP contribution in [0.4, 0.5) is 0 Å². The number of carbonyl (C=O) groups excluding carboxylic acids is 4. The Morgan fingerprint density at radius 1 is 0.857 bits per heavy atom. The highest BCUT2D eigenvalue weighted by atomic mass is 32.2. The summed E-state index contributed by atoms with van der Waals surface area (Å²) in [5.41, 5.74) is 13.1. The monoisotopic (exact) mass is 702 g/mol. The summed E-state index contributed by atoms with van der Waals surface area (Å²) in [6.45, 7) is -0.445. The molecule has 0 aliphatic heterocycles. The number of rotatable bonds is 22. The van der Waals surface area contributed by atoms with Gasteiger partial charge in [-0.3, -0.25) is 24.6 Å². The maximum Gasteiger partial charge on any atom is 0.243 e. The van der Waals surface area contributed by atoms with Gasteiger partial charge in [-0.2, -0.15) is 11.8 Å². The number of aliphatic hydroxyl groups is 1. The van der Waals surface area contributed by atoms with Crippen LogP contribution in [0.5, 0.6) is 11.5 Å². The number of hydrogen-bond donors (Lipinski definition) is 9. The zero-order valence-electron chi connectivity index (χ0n) is 28.3. The maximum atomic E-state index is 13.3. The van der Waals surface area contributed by atoms with Crippen molar-refractivity contribution >= 4 is 41.4 Å². The minimum absolute atomic E-state index is 0.147. The highest BCUT2D eigenvalue weighted by molar-refractivity contribution is 7.98. The molecule has 0 aromatic heterocycles. The fourth-order valence-electron chi connectivity index (χ4n) is 4.80. The van der Waals surface area contributed by atoms with E-state index in [0.29, 0.717) is 29.9 Å². The predicted octanol–water partition coefficient (Wildman–Crippen LogP) is -0.604. The number of nitrogens with one attached hydrogen (secondary N) is 6. The van der Waals surface area contributed by atoms with Gasteiger partial charge in [0.05, 0.1) is 39.5 Å². The van der Waals surface area contributed by atoms with Gasteiger partial charge in [0.1, 0.15) is 12.1 Å². The van der Waals surface area contributed by atoms with Gasteiger partial charge in [-0.25, -0.2) is 0 Å². The van der Waals surface area contributed by atoms with E-state index >= 15 is 0 Å². The summed E-state index contributed by atoms with van der Waals surface area (Å²) in [5, 5.41) is 30.4. The number of benzene rings is 2. The van der Waals surface area contributed by atoms with Crippen molar-refractivity contribution in [3.05, 3.63) is 59.7 Å². The van der Waals surface area contributed by atoms with Crippen LogP contribution >= 0.6 is 11.8 Å². The number of ether oxygens (including phenoxy) is 2. The fraction of sp³-hybridized carbons (Fsp3) is 0.485. The molecule has 2 aromatic carbocycles. The minimum Gasteiger partial charge on any atom is -0.493 e. The standard InChI is InChI=1S/C33H50N8O7S/c1-47-27-12-11-22(18-28(27)48-2)16-24(34)30(44)41-25(10-7-14-37-33(35)36)31(45)38-19-29(43)40-26(17-21-8-5-4-6-9-21)32(46)39-23(20-42)13-15-49-3/h4-6,8-9,11-12,18,23-26,42H,7,10,13-17,19-20,34H2,1-3H3,(H,38,45)(H,39,46)(H,40,43)(H,41,44)(H4,35,36,37)/t23?,24?,25-,26?/m1/s1. The molecule has 0 bridgehead atoms. The van der Waals surface area contributed by atoms with Crippen LogP contribution in [0.25, 0.3) is 0 Å². The van der Waals surface area contributed by atoms with Crippen LogP contribution in [0.1, 0.15) is 30.4 Å². The van der Waals surface area contributed by atoms with Gasteiger partial charge in [0.2, 0.25) is 23.6 Å². The van der Waals surface area contributed by atoms with Crippen molar-refractivity contribution in [2.75, 3.05) is 45.9 Å². The van der Waals surface area contributed by atoms with Gasteiger partial charge in [0.15, 0.2) is 17.5 Å². The van der Waals surface area contributed by atoms with Crippen LogP contribution in [0, 0.1) is 5.41 Å². The molecule has 0 heterocycles. The lowest BCUT2D eigenvalue weighted by Crippen LogP contribution is -2.55. The lowest BCUT2D eigenvalue weighted by atomic mass is 10.0. The average molecular weight is 703 g/mol. The van der Waals surface area contributed by atoms with Crippen molar-refractivity contribution in [3.8, 4) is 11.5 Å². The molecule has 16 heteroatoms. The first-order chi connectivity index (χ1) is 23.5. The Bertz CT molecular complexity index is 1370. The van der Waals surface area contributed by atoms with Crippen LogP contribution in [-0.2, 0) is 32.0 Å². The molecule has 0 saturated carbocycles. The van der Waals surface area contributed by atoms with E-state index in [4.69, 9.17) is 26.4 Å². The van der Waals surface area contributed by atoms with Gasteiger partial charge >= 0.3 is 0 Å². The van der Waals surface area contributed by atoms with Gasteiger partial charge in [-0.1, -0.05) is 36.4 Å². The van der Waals surface area contributed by atoms with Crippen molar-refractivity contribution in [1.82, 2.24) is 26.6 Å². The normalized spacial score (nSPS) is 13.2. The Kier molecular flexibility index (Phi) is 18.4. The molecule has 0 saturated heterocycles. The molecule has 49 heavy (non-hydrogen) atoms. The van der Waals surface area contributed by atoms with E-state index in [0.717, 1.165) is 11.3 Å². The smallest absolute Gasteiger partial charge is 0.243 e. The molecule has 4 amide bonds. The summed E-state index contributed by atoms with van der Waals surface area (Å²) in [6, 6.07) is 10.8. The number of hydrogen-bond acceptors (Lipinski definition) is 10. The summed E-state index contributed by atoms with van der Waals surface area (Å²) in [7, 11) is 3.01. The summed E-state index contributed by atoms with van der Waals surface area (Å²) in [5.74, 6) is -0.800. The third-order valence-electron chi connectivity index (χ3n) is 7.45. The van der Waals surface area contributed by atoms with Gasteiger partial charge in [-0.05, 0) is 61.0 Å². The number of amides is 4. The second-order valence-corrected chi connectivity index (χ2v) is 12.2. The third kappa shape index (κ3) is 15.0. The van der Waals surface area contributed by atoms with E-state index in [2.05, 4.69) is 26.6 Å². The molecule has 11 N–H and O–H groups in total. The number of guanidine groups is 1. The van der Waals surface area contributed by atoms with Crippen molar-refractivity contribution < 1.29 is 33.8 Å². The molecule has 0 spiro atoms. The molecule has 270 valence electrons. The molecule has 0 aliphatic carbocycles. The van der Waals surface area contributed by atoms with E-state index in [9.17, 15) is 24.3 Å². The van der Waals surface area contributed by atoms with Gasteiger partial charge in [0.25, 0.3) is 0 Å². The lowest BCUT2D eigenvalue weighted by Gasteiger charge is -2.23. The molecule has 4 atom stereocenters. The predicted molar refractivity (Wildman–Crippen MR) is 189 cm³/mol. The van der Waals surface area contributed by atoms with E-state index in [1.165, 1.54) is 14.2 Å². The SMILES string of the molecule is COc1ccc(CC(N)C(=O)N[C@H](CCCNC(=N)N)C(=O)NCC(=O)NC(Cc2ccccc2)C(=O)NC(CO)CCSC)cc1OC. The highest BCUT2D eigenvalue weighted by Gasteiger charge is 2.27. The topological polar surface area (TPSA) is 243 Å². The second kappa shape index (κ2) is 22.2. The second-order valence-electron chi connectivity index (χ2n) is 11.2. The Hall–Kier alpha value is -4.54. The lowest BCUT2D eigenvalue weighted by molar-refractivity contribution is -0.132. The first kappa shape index (κ1) is 40.6. The molecule has 0 aliphatic rings. The van der Waals surface area contributed by atoms with E-state index in [1.807, 2.05) is 36.6 Å². The van der Waals surface area contributed by atoms with Gasteiger partial charge < -0.3 is 52.6 Å². The summed E-state index contributed by atoms with van der Waals surface area (Å²) < 4.78 is 10.6.